The molecule has 2 N–H and O–H groups in total. The summed E-state index contributed by atoms with van der Waals surface area (Å²) in [5.74, 6) is 1.42. The van der Waals surface area contributed by atoms with Crippen molar-refractivity contribution in [2.24, 2.45) is 4.99 Å². The Kier molecular flexibility index (Phi) is 8.15. The van der Waals surface area contributed by atoms with E-state index in [4.69, 9.17) is 0 Å². The fourth-order valence-corrected chi connectivity index (χ4v) is 4.06. The van der Waals surface area contributed by atoms with E-state index in [2.05, 4.69) is 51.8 Å². The molecule has 0 fully saturated rings. The molecule has 3 rings (SSSR count). The molecule has 136 valence electrons. The second-order valence-corrected chi connectivity index (χ2v) is 7.37. The third kappa shape index (κ3) is 5.41. The highest BCUT2D eigenvalue weighted by molar-refractivity contribution is 14.0. The molecule has 1 aromatic heterocycles. The molecule has 1 aliphatic rings. The third-order valence-corrected chi connectivity index (χ3v) is 5.73. The van der Waals surface area contributed by atoms with Crippen molar-refractivity contribution in [2.75, 3.05) is 13.6 Å². The van der Waals surface area contributed by atoms with Crippen molar-refractivity contribution < 1.29 is 0 Å². The topological polar surface area (TPSA) is 49.3 Å². The van der Waals surface area contributed by atoms with Crippen LogP contribution in [0.15, 0.2) is 35.5 Å². The van der Waals surface area contributed by atoms with Crippen LogP contribution in [0.25, 0.3) is 0 Å². The first-order chi connectivity index (χ1) is 11.8. The second kappa shape index (κ2) is 10.1. The number of nitrogens with zero attached hydrogens (tertiary/aromatic N) is 2. The molecular formula is C19H27IN4S. The van der Waals surface area contributed by atoms with Crippen molar-refractivity contribution >= 4 is 41.3 Å². The van der Waals surface area contributed by atoms with Gasteiger partial charge in [-0.1, -0.05) is 31.2 Å². The molecule has 1 unspecified atom stereocenters. The van der Waals surface area contributed by atoms with Gasteiger partial charge < -0.3 is 10.6 Å². The second-order valence-electron chi connectivity index (χ2n) is 6.17. The first-order valence-corrected chi connectivity index (χ1v) is 9.57. The van der Waals surface area contributed by atoms with Gasteiger partial charge in [-0.2, -0.15) is 0 Å². The van der Waals surface area contributed by atoms with Gasteiger partial charge in [0, 0.05) is 30.6 Å². The number of aromatic nitrogens is 1. The van der Waals surface area contributed by atoms with Gasteiger partial charge in [-0.05, 0) is 36.8 Å². The summed E-state index contributed by atoms with van der Waals surface area (Å²) in [7, 11) is 1.82. The van der Waals surface area contributed by atoms with Gasteiger partial charge in [0.05, 0.1) is 6.54 Å². The lowest BCUT2D eigenvalue weighted by Gasteiger charge is -2.26. The molecule has 0 saturated heterocycles. The van der Waals surface area contributed by atoms with Gasteiger partial charge in [-0.3, -0.25) is 4.99 Å². The van der Waals surface area contributed by atoms with E-state index >= 15 is 0 Å². The molecule has 6 heteroatoms. The summed E-state index contributed by atoms with van der Waals surface area (Å²) >= 11 is 1.77. The Morgan fingerprint density at radius 3 is 2.92 bits per heavy atom. The smallest absolute Gasteiger partial charge is 0.191 e. The zero-order chi connectivity index (χ0) is 16.8. The van der Waals surface area contributed by atoms with Crippen LogP contribution in [0, 0.1) is 0 Å². The van der Waals surface area contributed by atoms with Crippen LogP contribution in [0.5, 0.6) is 0 Å². The lowest BCUT2D eigenvalue weighted by molar-refractivity contribution is 0.539. The number of fused-ring (bicyclic) bond motifs is 1. The molecule has 1 aliphatic carbocycles. The summed E-state index contributed by atoms with van der Waals surface area (Å²) in [6, 6.07) is 8.84. The lowest BCUT2D eigenvalue weighted by atomic mass is 9.83. The minimum atomic E-state index is 0. The SMILES string of the molecule is CCc1cnc(CNC(=NC)NCC2CCCc3ccccc32)s1.I. The van der Waals surface area contributed by atoms with Crippen molar-refractivity contribution in [3.8, 4) is 0 Å². The molecule has 0 saturated carbocycles. The molecule has 0 radical (unpaired) electrons. The molecule has 0 bridgehead atoms. The van der Waals surface area contributed by atoms with E-state index < -0.39 is 0 Å². The minimum Gasteiger partial charge on any atom is -0.356 e. The van der Waals surface area contributed by atoms with Crippen LogP contribution in [-0.4, -0.2) is 24.5 Å². The maximum Gasteiger partial charge on any atom is 0.191 e. The number of rotatable bonds is 5. The highest BCUT2D eigenvalue weighted by atomic mass is 127. The first kappa shape index (κ1) is 20.2. The highest BCUT2D eigenvalue weighted by Gasteiger charge is 2.19. The van der Waals surface area contributed by atoms with Gasteiger partial charge in [-0.25, -0.2) is 4.98 Å². The minimum absolute atomic E-state index is 0. The van der Waals surface area contributed by atoms with E-state index in [1.807, 2.05) is 13.2 Å². The molecule has 0 spiro atoms. The van der Waals surface area contributed by atoms with E-state index in [0.29, 0.717) is 5.92 Å². The van der Waals surface area contributed by atoms with Crippen molar-refractivity contribution in [3.05, 3.63) is 51.5 Å². The Balaban J connectivity index is 0.00000225. The van der Waals surface area contributed by atoms with Crippen molar-refractivity contribution in [1.82, 2.24) is 15.6 Å². The summed E-state index contributed by atoms with van der Waals surface area (Å²) in [5.41, 5.74) is 3.01. The van der Waals surface area contributed by atoms with Crippen LogP contribution in [0.1, 0.15) is 46.7 Å². The summed E-state index contributed by atoms with van der Waals surface area (Å²) in [6.45, 7) is 3.81. The van der Waals surface area contributed by atoms with Crippen LogP contribution in [-0.2, 0) is 19.4 Å². The number of guanidine groups is 1. The standard InChI is InChI=1S/C19H26N4S.HI/c1-3-16-12-21-18(24-16)13-23-19(20-2)22-11-15-9-6-8-14-7-4-5-10-17(14)15;/h4-5,7,10,12,15H,3,6,8-9,11,13H2,1-2H3,(H2,20,22,23);1H. The van der Waals surface area contributed by atoms with Crippen LogP contribution >= 0.6 is 35.3 Å². The first-order valence-electron chi connectivity index (χ1n) is 8.76. The van der Waals surface area contributed by atoms with Gasteiger partial charge in [0.15, 0.2) is 5.96 Å². The van der Waals surface area contributed by atoms with Crippen molar-refractivity contribution in [1.29, 1.82) is 0 Å². The molecule has 1 heterocycles. The maximum absolute atomic E-state index is 4.45. The summed E-state index contributed by atoms with van der Waals surface area (Å²) in [5, 5.41) is 7.97. The van der Waals surface area contributed by atoms with E-state index in [9.17, 15) is 0 Å². The number of benzene rings is 1. The predicted octanol–water partition coefficient (Wildman–Crippen LogP) is 4.11. The normalized spacial score (nSPS) is 16.7. The molecule has 0 aliphatic heterocycles. The van der Waals surface area contributed by atoms with Gasteiger partial charge in [-0.15, -0.1) is 35.3 Å². The summed E-state index contributed by atoms with van der Waals surface area (Å²) in [6.07, 6.45) is 6.74. The van der Waals surface area contributed by atoms with Crippen molar-refractivity contribution in [2.45, 2.75) is 45.1 Å². The van der Waals surface area contributed by atoms with Crippen molar-refractivity contribution in [3.63, 3.8) is 0 Å². The zero-order valence-electron chi connectivity index (χ0n) is 14.9. The van der Waals surface area contributed by atoms with E-state index in [0.717, 1.165) is 30.5 Å². The molecular weight excluding hydrogens is 443 g/mol. The van der Waals surface area contributed by atoms with Gasteiger partial charge in [0.2, 0.25) is 0 Å². The third-order valence-electron chi connectivity index (χ3n) is 4.59. The largest absolute Gasteiger partial charge is 0.356 e. The Morgan fingerprint density at radius 2 is 2.16 bits per heavy atom. The maximum atomic E-state index is 4.45. The number of halogens is 1. The number of hydrogen-bond acceptors (Lipinski definition) is 3. The average Bonchev–Trinajstić information content (AvgIpc) is 3.10. The Bertz CT molecular complexity index is 698. The van der Waals surface area contributed by atoms with Gasteiger partial charge in [0.25, 0.3) is 0 Å². The zero-order valence-corrected chi connectivity index (χ0v) is 18.1. The molecule has 4 nitrogen and oxygen atoms in total. The van der Waals surface area contributed by atoms with E-state index in [1.165, 1.54) is 35.3 Å². The summed E-state index contributed by atoms with van der Waals surface area (Å²) < 4.78 is 0. The van der Waals surface area contributed by atoms with E-state index in [-0.39, 0.29) is 24.0 Å². The molecule has 0 amide bonds. The Labute approximate surface area is 171 Å². The van der Waals surface area contributed by atoms with Crippen LogP contribution < -0.4 is 10.6 Å². The highest BCUT2D eigenvalue weighted by Crippen LogP contribution is 2.30. The fraction of sp³-hybridized carbons (Fsp3) is 0.474. The number of aliphatic imine (C=N–C) groups is 1. The molecule has 1 aromatic carbocycles. The number of nitrogens with one attached hydrogen (secondary N) is 2. The average molecular weight is 470 g/mol. The summed E-state index contributed by atoms with van der Waals surface area (Å²) in [4.78, 5) is 10.1. The monoisotopic (exact) mass is 470 g/mol. The van der Waals surface area contributed by atoms with Crippen LogP contribution in [0.3, 0.4) is 0 Å². The Hall–Kier alpha value is -1.15. The number of hydrogen-bond donors (Lipinski definition) is 2. The predicted molar refractivity (Wildman–Crippen MR) is 117 cm³/mol. The molecule has 2 aromatic rings. The molecule has 1 atom stereocenters. The van der Waals surface area contributed by atoms with Gasteiger partial charge >= 0.3 is 0 Å². The van der Waals surface area contributed by atoms with Crippen LogP contribution in [0.4, 0.5) is 0 Å². The fourth-order valence-electron chi connectivity index (χ4n) is 3.26. The number of thiazole rings is 1. The quantitative estimate of drug-likeness (QED) is 0.393. The number of aryl methyl sites for hydroxylation is 2. The molecule has 25 heavy (non-hydrogen) atoms. The van der Waals surface area contributed by atoms with E-state index in [1.54, 1.807) is 11.3 Å². The van der Waals surface area contributed by atoms with Crippen LogP contribution in [0.2, 0.25) is 0 Å². The van der Waals surface area contributed by atoms with Gasteiger partial charge in [0.1, 0.15) is 5.01 Å². The lowest BCUT2D eigenvalue weighted by Crippen LogP contribution is -2.39. The Morgan fingerprint density at radius 1 is 1.32 bits per heavy atom.